The largest absolute Gasteiger partial charge is 0.483 e. The SMILES string of the molecule is Cc1cc(OCC(=O)N(CCC#N)c2ccccc2)c2c3c(c(=O)oc2c1)CCCC3. The number of aryl methyl sites for hydroxylation is 2. The normalized spacial score (nSPS) is 12.8. The second-order valence-corrected chi connectivity index (χ2v) is 7.77. The van der Waals surface area contributed by atoms with Gasteiger partial charge in [-0.3, -0.25) is 4.79 Å². The molecule has 1 aliphatic carbocycles. The van der Waals surface area contributed by atoms with Gasteiger partial charge in [-0.1, -0.05) is 18.2 Å². The summed E-state index contributed by atoms with van der Waals surface area (Å²) in [6.07, 6.45) is 3.70. The number of benzene rings is 2. The number of nitriles is 1. The zero-order valence-corrected chi connectivity index (χ0v) is 17.5. The second kappa shape index (κ2) is 9.05. The Bertz CT molecular complexity index is 1210. The van der Waals surface area contributed by atoms with Gasteiger partial charge in [0.05, 0.1) is 17.9 Å². The molecule has 1 aromatic heterocycles. The van der Waals surface area contributed by atoms with Crippen LogP contribution in [0.3, 0.4) is 0 Å². The van der Waals surface area contributed by atoms with E-state index in [1.165, 1.54) is 0 Å². The molecule has 0 unspecified atom stereocenters. The molecule has 6 nitrogen and oxygen atoms in total. The number of hydrogen-bond donors (Lipinski definition) is 0. The van der Waals surface area contributed by atoms with E-state index in [9.17, 15) is 9.59 Å². The van der Waals surface area contributed by atoms with E-state index >= 15 is 0 Å². The second-order valence-electron chi connectivity index (χ2n) is 7.77. The number of nitrogens with zero attached hydrogens (tertiary/aromatic N) is 2. The fraction of sp³-hybridized carbons (Fsp3) is 0.320. The number of para-hydroxylation sites is 1. The van der Waals surface area contributed by atoms with Gasteiger partial charge in [0.2, 0.25) is 0 Å². The van der Waals surface area contributed by atoms with Crippen LogP contribution in [0, 0.1) is 18.3 Å². The third kappa shape index (κ3) is 4.31. The Hall–Kier alpha value is -3.59. The van der Waals surface area contributed by atoms with Crippen molar-refractivity contribution in [1.29, 1.82) is 5.26 Å². The lowest BCUT2D eigenvalue weighted by atomic mass is 9.90. The van der Waals surface area contributed by atoms with Crippen LogP contribution in [0.25, 0.3) is 11.0 Å². The van der Waals surface area contributed by atoms with Crippen molar-refractivity contribution in [2.24, 2.45) is 0 Å². The van der Waals surface area contributed by atoms with Crippen molar-refractivity contribution in [3.63, 3.8) is 0 Å². The first-order valence-corrected chi connectivity index (χ1v) is 10.5. The highest BCUT2D eigenvalue weighted by atomic mass is 16.5. The van der Waals surface area contributed by atoms with Gasteiger partial charge in [0.1, 0.15) is 11.3 Å². The third-order valence-corrected chi connectivity index (χ3v) is 5.60. The summed E-state index contributed by atoms with van der Waals surface area (Å²) in [6, 6.07) is 15.1. The van der Waals surface area contributed by atoms with Crippen molar-refractivity contribution < 1.29 is 13.9 Å². The quantitative estimate of drug-likeness (QED) is 0.559. The van der Waals surface area contributed by atoms with Crippen molar-refractivity contribution in [3.05, 3.63) is 69.6 Å². The third-order valence-electron chi connectivity index (χ3n) is 5.60. The predicted octanol–water partition coefficient (Wildman–Crippen LogP) is 4.31. The van der Waals surface area contributed by atoms with Gasteiger partial charge in [0, 0.05) is 17.8 Å². The van der Waals surface area contributed by atoms with Crippen LogP contribution in [0.4, 0.5) is 5.69 Å². The van der Waals surface area contributed by atoms with E-state index in [-0.39, 0.29) is 24.6 Å². The van der Waals surface area contributed by atoms with Crippen LogP contribution in [0.1, 0.15) is 36.0 Å². The summed E-state index contributed by atoms with van der Waals surface area (Å²) in [5, 5.41) is 9.77. The molecule has 0 saturated heterocycles. The van der Waals surface area contributed by atoms with Gasteiger partial charge in [-0.05, 0) is 68.0 Å². The molecule has 6 heteroatoms. The lowest BCUT2D eigenvalue weighted by Gasteiger charge is -2.23. The number of ether oxygens (including phenoxy) is 1. The Morgan fingerprint density at radius 3 is 2.65 bits per heavy atom. The van der Waals surface area contributed by atoms with Crippen molar-refractivity contribution >= 4 is 22.6 Å². The molecule has 0 fully saturated rings. The van der Waals surface area contributed by atoms with Gasteiger partial charge in [-0.15, -0.1) is 0 Å². The molecule has 0 saturated carbocycles. The molecular formula is C25H24N2O4. The van der Waals surface area contributed by atoms with Crippen molar-refractivity contribution in [2.45, 2.75) is 39.0 Å². The monoisotopic (exact) mass is 416 g/mol. The summed E-state index contributed by atoms with van der Waals surface area (Å²) < 4.78 is 11.6. The summed E-state index contributed by atoms with van der Waals surface area (Å²) in [4.78, 5) is 27.0. The van der Waals surface area contributed by atoms with E-state index in [0.717, 1.165) is 47.0 Å². The Balaban J connectivity index is 1.66. The maximum Gasteiger partial charge on any atom is 0.339 e. The fourth-order valence-corrected chi connectivity index (χ4v) is 4.17. The summed E-state index contributed by atoms with van der Waals surface area (Å²) >= 11 is 0. The van der Waals surface area contributed by atoms with Crippen LogP contribution in [0.15, 0.2) is 51.7 Å². The lowest BCUT2D eigenvalue weighted by Crippen LogP contribution is -2.35. The molecule has 2 aromatic carbocycles. The minimum Gasteiger partial charge on any atom is -0.483 e. The lowest BCUT2D eigenvalue weighted by molar-refractivity contribution is -0.120. The van der Waals surface area contributed by atoms with E-state index in [2.05, 4.69) is 6.07 Å². The Labute approximate surface area is 180 Å². The van der Waals surface area contributed by atoms with Gasteiger partial charge in [-0.2, -0.15) is 5.26 Å². The van der Waals surface area contributed by atoms with Gasteiger partial charge in [-0.25, -0.2) is 4.79 Å². The van der Waals surface area contributed by atoms with E-state index < -0.39 is 0 Å². The highest BCUT2D eigenvalue weighted by Gasteiger charge is 2.22. The van der Waals surface area contributed by atoms with Gasteiger partial charge in [0.15, 0.2) is 6.61 Å². The van der Waals surface area contributed by atoms with E-state index in [1.54, 1.807) is 4.90 Å². The number of fused-ring (bicyclic) bond motifs is 3. The topological polar surface area (TPSA) is 83.5 Å². The van der Waals surface area contributed by atoms with Crippen molar-refractivity contribution in [3.8, 4) is 11.8 Å². The number of amides is 1. The van der Waals surface area contributed by atoms with E-state index in [1.807, 2.05) is 49.4 Å². The standard InChI is InChI=1S/C25H24N2O4/c1-17-14-21(24-19-10-5-6-11-20(19)25(29)31-22(24)15-17)30-16-23(28)27(13-7-12-26)18-8-3-2-4-9-18/h2-4,8-9,14-15H,5-7,10-11,13,16H2,1H3. The molecule has 4 rings (SSSR count). The summed E-state index contributed by atoms with van der Waals surface area (Å²) in [7, 11) is 0. The Morgan fingerprint density at radius 2 is 1.90 bits per heavy atom. The molecule has 0 aliphatic heterocycles. The zero-order chi connectivity index (χ0) is 21.8. The number of carbonyl (C=O) groups is 1. The number of anilines is 1. The Morgan fingerprint density at radius 1 is 1.16 bits per heavy atom. The van der Waals surface area contributed by atoms with Gasteiger partial charge >= 0.3 is 5.63 Å². The molecule has 1 amide bonds. The first kappa shape index (κ1) is 20.7. The minimum absolute atomic E-state index is 0.174. The highest BCUT2D eigenvalue weighted by Crippen LogP contribution is 2.34. The molecule has 0 N–H and O–H groups in total. The van der Waals surface area contributed by atoms with E-state index in [4.69, 9.17) is 14.4 Å². The molecule has 1 aliphatic rings. The molecular weight excluding hydrogens is 392 g/mol. The van der Waals surface area contributed by atoms with Gasteiger partial charge < -0.3 is 14.1 Å². The molecule has 0 spiro atoms. The summed E-state index contributed by atoms with van der Waals surface area (Å²) in [5.41, 5.74) is 3.53. The minimum atomic E-state index is -0.276. The number of hydrogen-bond acceptors (Lipinski definition) is 5. The predicted molar refractivity (Wildman–Crippen MR) is 118 cm³/mol. The molecule has 0 atom stereocenters. The summed E-state index contributed by atoms with van der Waals surface area (Å²) in [5.74, 6) is 0.320. The number of rotatable bonds is 6. The average Bonchev–Trinajstić information content (AvgIpc) is 2.78. The molecule has 158 valence electrons. The van der Waals surface area contributed by atoms with Crippen LogP contribution in [0.5, 0.6) is 5.75 Å². The van der Waals surface area contributed by atoms with Crippen LogP contribution < -0.4 is 15.3 Å². The molecule has 3 aromatic rings. The molecule has 1 heterocycles. The first-order valence-electron chi connectivity index (χ1n) is 10.5. The maximum atomic E-state index is 13.0. The number of carbonyl (C=O) groups excluding carboxylic acids is 1. The maximum absolute atomic E-state index is 13.0. The molecule has 31 heavy (non-hydrogen) atoms. The van der Waals surface area contributed by atoms with Gasteiger partial charge in [0.25, 0.3) is 5.91 Å². The van der Waals surface area contributed by atoms with E-state index in [0.29, 0.717) is 24.3 Å². The summed E-state index contributed by atoms with van der Waals surface area (Å²) in [6.45, 7) is 2.02. The molecule has 0 bridgehead atoms. The zero-order valence-electron chi connectivity index (χ0n) is 17.5. The molecule has 0 radical (unpaired) electrons. The van der Waals surface area contributed by atoms with Crippen LogP contribution in [-0.2, 0) is 17.6 Å². The first-order chi connectivity index (χ1) is 15.1. The van der Waals surface area contributed by atoms with Crippen molar-refractivity contribution in [1.82, 2.24) is 0 Å². The average molecular weight is 416 g/mol. The van der Waals surface area contributed by atoms with Crippen LogP contribution in [-0.4, -0.2) is 19.1 Å². The smallest absolute Gasteiger partial charge is 0.339 e. The fourth-order valence-electron chi connectivity index (χ4n) is 4.17. The van der Waals surface area contributed by atoms with Crippen LogP contribution >= 0.6 is 0 Å². The highest BCUT2D eigenvalue weighted by molar-refractivity contribution is 5.95. The van der Waals surface area contributed by atoms with Crippen LogP contribution in [0.2, 0.25) is 0 Å². The van der Waals surface area contributed by atoms with Crippen molar-refractivity contribution in [2.75, 3.05) is 18.1 Å². The Kier molecular flexibility index (Phi) is 6.03.